The first kappa shape index (κ1) is 13.9. The second-order valence-corrected chi connectivity index (χ2v) is 8.88. The maximum atomic E-state index is 6.19. The minimum atomic E-state index is 0.437. The lowest BCUT2D eigenvalue weighted by Crippen LogP contribution is -2.46. The summed E-state index contributed by atoms with van der Waals surface area (Å²) >= 11 is 16.2. The van der Waals surface area contributed by atoms with E-state index in [1.807, 2.05) is 12.1 Å². The normalized spacial score (nSPS) is 40.0. The summed E-state index contributed by atoms with van der Waals surface area (Å²) in [7, 11) is 0. The van der Waals surface area contributed by atoms with Crippen LogP contribution < -0.4 is 0 Å². The molecule has 0 spiro atoms. The van der Waals surface area contributed by atoms with Gasteiger partial charge in [-0.3, -0.25) is 0 Å². The molecule has 0 saturated heterocycles. The van der Waals surface area contributed by atoms with Gasteiger partial charge in [0.1, 0.15) is 0 Å². The molecule has 4 aliphatic carbocycles. The number of benzene rings is 1. The van der Waals surface area contributed by atoms with E-state index in [9.17, 15) is 0 Å². The number of rotatable bonds is 2. The van der Waals surface area contributed by atoms with E-state index in [2.05, 4.69) is 22.0 Å². The third kappa shape index (κ3) is 2.25. The Kier molecular flexibility index (Phi) is 3.60. The van der Waals surface area contributed by atoms with Crippen LogP contribution in [0.1, 0.15) is 42.5 Å². The average molecular weight is 374 g/mol. The second-order valence-electron chi connectivity index (χ2n) is 7.08. The Morgan fingerprint density at radius 2 is 1.50 bits per heavy atom. The molecule has 0 radical (unpaired) electrons. The minimum Gasteiger partial charge on any atom is -0.0836 e. The molecular weight excluding hydrogens is 355 g/mol. The van der Waals surface area contributed by atoms with Crippen molar-refractivity contribution in [1.82, 2.24) is 0 Å². The summed E-state index contributed by atoms with van der Waals surface area (Å²) in [6, 6.07) is 6.12. The van der Waals surface area contributed by atoms with Crippen LogP contribution >= 0.6 is 39.1 Å². The summed E-state index contributed by atoms with van der Waals surface area (Å²) in [5, 5.41) is 1.33. The summed E-state index contributed by atoms with van der Waals surface area (Å²) in [5.74, 6) is 4.69. The zero-order chi connectivity index (χ0) is 13.9. The van der Waals surface area contributed by atoms with Crippen molar-refractivity contribution in [1.29, 1.82) is 0 Å². The lowest BCUT2D eigenvalue weighted by atomic mass is 9.51. The van der Waals surface area contributed by atoms with Gasteiger partial charge in [-0.05, 0) is 79.4 Å². The van der Waals surface area contributed by atoms with E-state index in [-0.39, 0.29) is 0 Å². The van der Waals surface area contributed by atoms with Crippen molar-refractivity contribution in [2.75, 3.05) is 0 Å². The Hall–Kier alpha value is 0.280. The average Bonchev–Trinajstić information content (AvgIpc) is 2.40. The summed E-state index contributed by atoms with van der Waals surface area (Å²) < 4.78 is 0. The van der Waals surface area contributed by atoms with Crippen molar-refractivity contribution in [2.45, 2.75) is 36.9 Å². The molecule has 1 aromatic rings. The first-order valence-corrected chi connectivity index (χ1v) is 9.38. The Labute approximate surface area is 139 Å². The van der Waals surface area contributed by atoms with E-state index >= 15 is 0 Å². The van der Waals surface area contributed by atoms with Crippen molar-refractivity contribution >= 4 is 39.1 Å². The van der Waals surface area contributed by atoms with Gasteiger partial charge < -0.3 is 0 Å². The molecule has 0 N–H and O–H groups in total. The van der Waals surface area contributed by atoms with Gasteiger partial charge in [-0.15, -0.1) is 0 Å². The molecule has 0 aliphatic heterocycles. The minimum absolute atomic E-state index is 0.437. The highest BCUT2D eigenvalue weighted by Crippen LogP contribution is 2.60. The van der Waals surface area contributed by atoms with Crippen LogP contribution in [-0.2, 0) is 0 Å². The molecule has 1 aromatic carbocycles. The molecule has 20 heavy (non-hydrogen) atoms. The maximum absolute atomic E-state index is 6.19. The molecule has 1 unspecified atom stereocenters. The third-order valence-corrected chi connectivity index (χ3v) is 7.78. The maximum Gasteiger partial charge on any atom is 0.0595 e. The van der Waals surface area contributed by atoms with Crippen molar-refractivity contribution in [3.05, 3.63) is 33.8 Å². The standard InChI is InChI=1S/C17H19BrCl2/c18-17(11-1-2-14(19)15(20)8-11)16-12-4-9-3-10(6-12)7-13(16)5-9/h1-2,8-10,12-13,16-17H,3-7H2. The second kappa shape index (κ2) is 5.18. The van der Waals surface area contributed by atoms with E-state index < -0.39 is 0 Å². The topological polar surface area (TPSA) is 0 Å². The van der Waals surface area contributed by atoms with Crippen molar-refractivity contribution in [2.24, 2.45) is 29.6 Å². The summed E-state index contributed by atoms with van der Waals surface area (Å²) in [6.45, 7) is 0. The fraction of sp³-hybridized carbons (Fsp3) is 0.647. The van der Waals surface area contributed by atoms with Gasteiger partial charge in [0.05, 0.1) is 10.0 Å². The lowest BCUT2D eigenvalue weighted by molar-refractivity contribution is -0.0364. The molecule has 3 heteroatoms. The van der Waals surface area contributed by atoms with Gasteiger partial charge in [0, 0.05) is 4.83 Å². The van der Waals surface area contributed by atoms with E-state index in [1.165, 1.54) is 37.7 Å². The molecule has 4 aliphatic rings. The van der Waals surface area contributed by atoms with E-state index in [1.54, 1.807) is 0 Å². The van der Waals surface area contributed by atoms with Crippen LogP contribution in [0.2, 0.25) is 10.0 Å². The molecule has 4 bridgehead atoms. The number of alkyl halides is 1. The largest absolute Gasteiger partial charge is 0.0836 e. The SMILES string of the molecule is Clc1ccc(C(Br)C2C3CC4CC(C3)CC2C4)cc1Cl. The summed E-state index contributed by atoms with van der Waals surface area (Å²) in [6.07, 6.45) is 7.35. The zero-order valence-electron chi connectivity index (χ0n) is 11.4. The van der Waals surface area contributed by atoms with E-state index in [0.29, 0.717) is 14.9 Å². The van der Waals surface area contributed by atoms with Crippen molar-refractivity contribution in [3.8, 4) is 0 Å². The van der Waals surface area contributed by atoms with Gasteiger partial charge in [0.25, 0.3) is 0 Å². The Morgan fingerprint density at radius 1 is 0.900 bits per heavy atom. The molecular formula is C17H19BrCl2. The highest BCUT2D eigenvalue weighted by molar-refractivity contribution is 9.09. The molecule has 4 fully saturated rings. The lowest BCUT2D eigenvalue weighted by Gasteiger charge is -2.55. The number of hydrogen-bond donors (Lipinski definition) is 0. The predicted octanol–water partition coefficient (Wildman–Crippen LogP) is 6.50. The molecule has 1 atom stereocenters. The summed E-state index contributed by atoms with van der Waals surface area (Å²) in [5.41, 5.74) is 1.30. The van der Waals surface area contributed by atoms with Gasteiger partial charge in [0.2, 0.25) is 0 Å². The monoisotopic (exact) mass is 372 g/mol. The smallest absolute Gasteiger partial charge is 0.0595 e. The Balaban J connectivity index is 1.62. The molecule has 0 nitrogen and oxygen atoms in total. The van der Waals surface area contributed by atoms with Crippen LogP contribution in [0, 0.1) is 29.6 Å². The fourth-order valence-electron chi connectivity index (χ4n) is 5.35. The number of halogens is 3. The van der Waals surface area contributed by atoms with Crippen molar-refractivity contribution in [3.63, 3.8) is 0 Å². The van der Waals surface area contributed by atoms with Crippen LogP contribution in [0.5, 0.6) is 0 Å². The van der Waals surface area contributed by atoms with Crippen LogP contribution in [0.15, 0.2) is 18.2 Å². The van der Waals surface area contributed by atoms with Crippen LogP contribution in [-0.4, -0.2) is 0 Å². The van der Waals surface area contributed by atoms with Gasteiger partial charge in [-0.25, -0.2) is 0 Å². The van der Waals surface area contributed by atoms with Gasteiger partial charge in [-0.2, -0.15) is 0 Å². The number of hydrogen-bond acceptors (Lipinski definition) is 0. The van der Waals surface area contributed by atoms with E-state index in [4.69, 9.17) is 23.2 Å². The highest BCUT2D eigenvalue weighted by Gasteiger charge is 2.50. The van der Waals surface area contributed by atoms with E-state index in [0.717, 1.165) is 29.6 Å². The van der Waals surface area contributed by atoms with Gasteiger partial charge >= 0.3 is 0 Å². The summed E-state index contributed by atoms with van der Waals surface area (Å²) in [4.78, 5) is 0.437. The van der Waals surface area contributed by atoms with Gasteiger partial charge in [-0.1, -0.05) is 45.2 Å². The molecule has 0 heterocycles. The molecule has 0 amide bonds. The quantitative estimate of drug-likeness (QED) is 0.519. The molecule has 5 rings (SSSR count). The van der Waals surface area contributed by atoms with Crippen LogP contribution in [0.25, 0.3) is 0 Å². The van der Waals surface area contributed by atoms with Crippen LogP contribution in [0.4, 0.5) is 0 Å². The highest BCUT2D eigenvalue weighted by atomic mass is 79.9. The zero-order valence-corrected chi connectivity index (χ0v) is 14.5. The predicted molar refractivity (Wildman–Crippen MR) is 88.7 cm³/mol. The van der Waals surface area contributed by atoms with Crippen molar-refractivity contribution < 1.29 is 0 Å². The molecule has 0 aromatic heterocycles. The first-order valence-electron chi connectivity index (χ1n) is 7.71. The Bertz CT molecular complexity index is 500. The molecule has 4 saturated carbocycles. The third-order valence-electron chi connectivity index (χ3n) is 5.90. The first-order chi connectivity index (χ1) is 9.61. The van der Waals surface area contributed by atoms with Crippen LogP contribution in [0.3, 0.4) is 0 Å². The van der Waals surface area contributed by atoms with Gasteiger partial charge in [0.15, 0.2) is 0 Å². The molecule has 108 valence electrons. The Morgan fingerprint density at radius 3 is 2.05 bits per heavy atom. The fourth-order valence-corrected chi connectivity index (χ4v) is 6.81.